The van der Waals surface area contributed by atoms with Crippen LogP contribution in [0, 0.1) is 0 Å². The van der Waals surface area contributed by atoms with E-state index in [0.29, 0.717) is 0 Å². The molecule has 4 aliphatic heterocycles. The van der Waals surface area contributed by atoms with Crippen molar-refractivity contribution in [1.29, 1.82) is 0 Å². The molecule has 0 radical (unpaired) electrons. The first-order valence-electron chi connectivity index (χ1n) is 25.6. The lowest BCUT2D eigenvalue weighted by Gasteiger charge is -2.41. The summed E-state index contributed by atoms with van der Waals surface area (Å²) < 4.78 is 27.3. The van der Waals surface area contributed by atoms with Crippen molar-refractivity contribution in [2.75, 3.05) is 0 Å². The lowest BCUT2D eigenvalue weighted by atomic mass is 9.31. The Labute approximate surface area is 415 Å². The minimum absolute atomic E-state index is 0.0402. The van der Waals surface area contributed by atoms with Crippen molar-refractivity contribution in [3.05, 3.63) is 144 Å². The standard InChI is InChI=1S/C64H56B2N2O3/c1-61(2,3)33-21-23-47-38(25-33)41-27-35(63(7,8)9)29-45-55(41)67(47)57-53-59(70-50-20-16-14-18-43(50)65(45)53)58-54-60(57)71-52-32-51-40(37-17-13-15-19-49(37)69-51)31-44(52)66(54)46-30-36(64(10,11)12)28-42-39-26-34(62(4,5)6)22-24-48(39)68(58)56(42)46/h13-32H,1-12H3. The summed E-state index contributed by atoms with van der Waals surface area (Å²) in [4.78, 5) is 0. The molecule has 346 valence electrons. The van der Waals surface area contributed by atoms with Gasteiger partial charge < -0.3 is 23.0 Å². The molecule has 71 heavy (non-hydrogen) atoms. The predicted molar refractivity (Wildman–Crippen MR) is 300 cm³/mol. The summed E-state index contributed by atoms with van der Waals surface area (Å²) in [6, 6.07) is 46.2. The third-order valence-corrected chi connectivity index (χ3v) is 16.8. The molecule has 0 saturated heterocycles. The molecule has 4 aliphatic rings. The summed E-state index contributed by atoms with van der Waals surface area (Å²) in [6.07, 6.45) is 0. The fourth-order valence-electron chi connectivity index (χ4n) is 13.0. The van der Waals surface area contributed by atoms with Crippen LogP contribution in [0.4, 0.5) is 0 Å². The third kappa shape index (κ3) is 5.34. The van der Waals surface area contributed by atoms with Crippen molar-refractivity contribution in [2.45, 2.75) is 105 Å². The van der Waals surface area contributed by atoms with E-state index in [1.54, 1.807) is 0 Å². The Hall–Kier alpha value is -7.11. The molecule has 0 amide bonds. The molecule has 15 rings (SSSR count). The molecule has 7 heterocycles. The van der Waals surface area contributed by atoms with Crippen LogP contribution in [0.25, 0.3) is 76.9 Å². The Morgan fingerprint density at radius 1 is 0.366 bits per heavy atom. The predicted octanol–water partition coefficient (Wildman–Crippen LogP) is 12.8. The zero-order valence-electron chi connectivity index (χ0n) is 42.8. The van der Waals surface area contributed by atoms with E-state index in [-0.39, 0.29) is 35.1 Å². The monoisotopic (exact) mass is 922 g/mol. The van der Waals surface area contributed by atoms with Gasteiger partial charge in [0.1, 0.15) is 34.2 Å². The fourth-order valence-corrected chi connectivity index (χ4v) is 13.0. The number of hydrogen-bond acceptors (Lipinski definition) is 3. The van der Waals surface area contributed by atoms with E-state index >= 15 is 0 Å². The van der Waals surface area contributed by atoms with Crippen LogP contribution in [0.2, 0.25) is 0 Å². The van der Waals surface area contributed by atoms with Crippen LogP contribution >= 0.6 is 0 Å². The highest BCUT2D eigenvalue weighted by molar-refractivity contribution is 7.02. The molecule has 8 aromatic carbocycles. The van der Waals surface area contributed by atoms with Crippen LogP contribution in [-0.4, -0.2) is 22.6 Å². The van der Waals surface area contributed by atoms with Crippen molar-refractivity contribution in [3.8, 4) is 34.4 Å². The number of benzene rings is 8. The Kier molecular flexibility index (Phi) is 7.65. The van der Waals surface area contributed by atoms with Gasteiger partial charge in [0.2, 0.25) is 0 Å². The maximum atomic E-state index is 7.82. The van der Waals surface area contributed by atoms with Crippen LogP contribution in [0.3, 0.4) is 0 Å². The first-order valence-corrected chi connectivity index (χ1v) is 25.6. The molecule has 0 saturated carbocycles. The number of aromatic nitrogens is 2. The van der Waals surface area contributed by atoms with Gasteiger partial charge in [-0.05, 0) is 114 Å². The van der Waals surface area contributed by atoms with Gasteiger partial charge in [0.05, 0.1) is 22.4 Å². The number of ether oxygens (including phenoxy) is 2. The zero-order chi connectivity index (χ0) is 48.7. The molecule has 0 spiro atoms. The summed E-state index contributed by atoms with van der Waals surface area (Å²) in [6.45, 7) is 27.7. The molecule has 0 aliphatic carbocycles. The van der Waals surface area contributed by atoms with E-state index in [4.69, 9.17) is 13.9 Å². The van der Waals surface area contributed by atoms with Crippen molar-refractivity contribution < 1.29 is 13.9 Å². The van der Waals surface area contributed by atoms with Crippen LogP contribution in [-0.2, 0) is 21.7 Å². The molecule has 0 bridgehead atoms. The molecular formula is C64H56B2N2O3. The van der Waals surface area contributed by atoms with Crippen molar-refractivity contribution in [3.63, 3.8) is 0 Å². The van der Waals surface area contributed by atoms with Gasteiger partial charge in [-0.2, -0.15) is 0 Å². The highest BCUT2D eigenvalue weighted by atomic mass is 16.5. The van der Waals surface area contributed by atoms with E-state index in [1.807, 2.05) is 0 Å². The number of furan rings is 1. The van der Waals surface area contributed by atoms with E-state index < -0.39 is 0 Å². The summed E-state index contributed by atoms with van der Waals surface area (Å²) in [5.41, 5.74) is 20.8. The van der Waals surface area contributed by atoms with Crippen molar-refractivity contribution in [1.82, 2.24) is 9.13 Å². The second-order valence-electron chi connectivity index (χ2n) is 25.3. The Morgan fingerprint density at radius 2 is 0.845 bits per heavy atom. The van der Waals surface area contributed by atoms with Gasteiger partial charge in [-0.15, -0.1) is 0 Å². The summed E-state index contributed by atoms with van der Waals surface area (Å²) in [5.74, 6) is 3.53. The van der Waals surface area contributed by atoms with E-state index in [9.17, 15) is 0 Å². The normalized spacial score (nSPS) is 14.6. The second kappa shape index (κ2) is 13.0. The molecule has 0 atom stereocenters. The van der Waals surface area contributed by atoms with Crippen LogP contribution in [0.1, 0.15) is 105 Å². The minimum atomic E-state index is -0.194. The summed E-state index contributed by atoms with van der Waals surface area (Å²) in [7, 11) is 0. The van der Waals surface area contributed by atoms with Crippen LogP contribution < -0.4 is 42.3 Å². The van der Waals surface area contributed by atoms with Gasteiger partial charge >= 0.3 is 0 Å². The largest absolute Gasteiger partial charge is 0.456 e. The Morgan fingerprint density at radius 3 is 1.39 bits per heavy atom. The first kappa shape index (κ1) is 41.7. The summed E-state index contributed by atoms with van der Waals surface area (Å²) >= 11 is 0. The fraction of sp³-hybridized carbons (Fsp3) is 0.250. The van der Waals surface area contributed by atoms with Gasteiger partial charge in [0.15, 0.2) is 0 Å². The SMILES string of the molecule is CC(C)(C)c1ccc2c(c1)c1cc(C(C)(C)C)cc3c1n2-c1c2c4c(c5c1B3c1ccccc1O5)-n1c3ccc(C(C)(C)C)cc3c3cc(C(C)(C)C)cc(c31)B4c1cc3c(cc1O2)oc1ccccc13. The highest BCUT2D eigenvalue weighted by Crippen LogP contribution is 2.50. The van der Waals surface area contributed by atoms with Gasteiger partial charge in [-0.3, -0.25) is 0 Å². The van der Waals surface area contributed by atoms with Gasteiger partial charge in [0, 0.05) is 60.3 Å². The minimum Gasteiger partial charge on any atom is -0.456 e. The van der Waals surface area contributed by atoms with Crippen molar-refractivity contribution >= 4 is 112 Å². The maximum Gasteiger partial charge on any atom is 0.256 e. The average molecular weight is 923 g/mol. The van der Waals surface area contributed by atoms with E-state index in [2.05, 4.69) is 214 Å². The number of nitrogens with zero attached hydrogens (tertiary/aromatic N) is 2. The molecule has 0 fully saturated rings. The van der Waals surface area contributed by atoms with Crippen LogP contribution in [0.5, 0.6) is 23.0 Å². The molecule has 0 unspecified atom stereocenters. The average Bonchev–Trinajstić information content (AvgIpc) is 3.98. The molecule has 3 aromatic heterocycles. The van der Waals surface area contributed by atoms with Gasteiger partial charge in [-0.25, -0.2) is 0 Å². The number of rotatable bonds is 0. The zero-order valence-corrected chi connectivity index (χ0v) is 42.8. The molecule has 11 aromatic rings. The number of para-hydroxylation sites is 2. The van der Waals surface area contributed by atoms with Gasteiger partial charge in [-0.1, -0.05) is 150 Å². The smallest absolute Gasteiger partial charge is 0.256 e. The van der Waals surface area contributed by atoms with Crippen molar-refractivity contribution in [2.24, 2.45) is 0 Å². The third-order valence-electron chi connectivity index (χ3n) is 16.8. The van der Waals surface area contributed by atoms with E-state index in [0.717, 1.165) is 72.7 Å². The van der Waals surface area contributed by atoms with E-state index in [1.165, 1.54) is 82.3 Å². The lowest BCUT2D eigenvalue weighted by Crippen LogP contribution is -2.63. The molecule has 5 nitrogen and oxygen atoms in total. The van der Waals surface area contributed by atoms with Gasteiger partial charge in [0.25, 0.3) is 13.4 Å². The Bertz CT molecular complexity index is 4290. The Balaban J connectivity index is 1.19. The first-order chi connectivity index (χ1) is 33.7. The highest BCUT2D eigenvalue weighted by Gasteiger charge is 2.51. The quantitative estimate of drug-likeness (QED) is 0.142. The van der Waals surface area contributed by atoms with Crippen LogP contribution in [0.15, 0.2) is 126 Å². The molecule has 7 heteroatoms. The number of hydrogen-bond donors (Lipinski definition) is 0. The second-order valence-corrected chi connectivity index (χ2v) is 25.3. The molecule has 0 N–H and O–H groups in total. The lowest BCUT2D eigenvalue weighted by molar-refractivity contribution is 0.472. The molecular weight excluding hydrogens is 866 g/mol. The maximum absolute atomic E-state index is 7.82. The number of fused-ring (bicyclic) bond motifs is 19. The topological polar surface area (TPSA) is 41.5 Å². The summed E-state index contributed by atoms with van der Waals surface area (Å²) in [5, 5.41) is 7.27.